The molecular weight excluding hydrogens is 392 g/mol. The number of benzene rings is 2. The van der Waals surface area contributed by atoms with Crippen LogP contribution in [0, 0.1) is 6.92 Å². The molecule has 31 heavy (non-hydrogen) atoms. The lowest BCUT2D eigenvalue weighted by molar-refractivity contribution is 0.203. The maximum Gasteiger partial charge on any atom is 0.419 e. The fourth-order valence-corrected chi connectivity index (χ4v) is 3.81. The van der Waals surface area contributed by atoms with Crippen molar-refractivity contribution in [2.24, 2.45) is 0 Å². The number of aryl methyl sites for hydroxylation is 1. The maximum atomic E-state index is 12.3. The molecule has 4 rings (SSSR count). The summed E-state index contributed by atoms with van der Waals surface area (Å²) >= 11 is 0. The van der Waals surface area contributed by atoms with Crippen molar-refractivity contribution in [2.45, 2.75) is 19.4 Å². The van der Waals surface area contributed by atoms with Gasteiger partial charge in [0, 0.05) is 47.8 Å². The van der Waals surface area contributed by atoms with E-state index < -0.39 is 6.09 Å². The molecule has 1 aliphatic heterocycles. The summed E-state index contributed by atoms with van der Waals surface area (Å²) in [5.74, 6) is 0.655. The van der Waals surface area contributed by atoms with E-state index in [9.17, 15) is 4.79 Å². The third kappa shape index (κ3) is 4.83. The highest BCUT2D eigenvalue weighted by Gasteiger charge is 2.24. The predicted octanol–water partition coefficient (Wildman–Crippen LogP) is 4.59. The van der Waals surface area contributed by atoms with Crippen LogP contribution in [-0.2, 0) is 0 Å². The van der Waals surface area contributed by atoms with Crippen LogP contribution in [0.3, 0.4) is 0 Å². The van der Waals surface area contributed by atoms with Crippen molar-refractivity contribution in [3.8, 4) is 17.3 Å². The normalized spacial score (nSPS) is 16.0. The Morgan fingerprint density at radius 2 is 1.94 bits per heavy atom. The summed E-state index contributed by atoms with van der Waals surface area (Å²) in [4.78, 5) is 16.9. The molecule has 1 amide bonds. The second-order valence-electron chi connectivity index (χ2n) is 8.12. The highest BCUT2D eigenvalue weighted by atomic mass is 16.6. The van der Waals surface area contributed by atoms with Gasteiger partial charge in [0.1, 0.15) is 5.76 Å². The Balaban J connectivity index is 1.35. The Bertz CT molecular complexity index is 1060. The van der Waals surface area contributed by atoms with Gasteiger partial charge in [0.25, 0.3) is 5.95 Å². The van der Waals surface area contributed by atoms with Crippen LogP contribution in [0.1, 0.15) is 12.0 Å². The highest BCUT2D eigenvalue weighted by molar-refractivity contribution is 5.86. The Morgan fingerprint density at radius 1 is 1.16 bits per heavy atom. The molecule has 2 heterocycles. The molecule has 1 fully saturated rings. The van der Waals surface area contributed by atoms with Gasteiger partial charge in [-0.3, -0.25) is 5.32 Å². The van der Waals surface area contributed by atoms with Crippen molar-refractivity contribution in [2.75, 3.05) is 43.1 Å². The minimum Gasteiger partial charge on any atom is -0.425 e. The summed E-state index contributed by atoms with van der Waals surface area (Å²) in [5.41, 5.74) is 10.3. The minimum absolute atomic E-state index is 0.107. The first-order valence-corrected chi connectivity index (χ1v) is 10.4. The Hall–Kier alpha value is -3.45. The molecule has 0 spiro atoms. The lowest BCUT2D eigenvalue weighted by Crippen LogP contribution is -2.31. The second-order valence-corrected chi connectivity index (χ2v) is 8.12. The number of anilines is 3. The number of hydrogen-bond acceptors (Lipinski definition) is 6. The average Bonchev–Trinajstić information content (AvgIpc) is 3.39. The molecule has 2 aromatic carbocycles. The molecule has 1 saturated heterocycles. The van der Waals surface area contributed by atoms with Gasteiger partial charge >= 0.3 is 6.09 Å². The fourth-order valence-electron chi connectivity index (χ4n) is 3.81. The lowest BCUT2D eigenvalue weighted by atomic mass is 10.1. The molecule has 3 N–H and O–H groups in total. The fraction of sp³-hybridized carbons (Fsp3) is 0.292. The summed E-state index contributed by atoms with van der Waals surface area (Å²) in [6.45, 7) is 4.01. The lowest BCUT2D eigenvalue weighted by Gasteiger charge is -2.22. The van der Waals surface area contributed by atoms with Gasteiger partial charge in [-0.1, -0.05) is 6.07 Å². The molecule has 1 aliphatic rings. The third-order valence-electron chi connectivity index (χ3n) is 5.62. The number of carbonyl (C=O) groups excluding carboxylic acids is 1. The SMILES string of the molecule is Cc1ccc(-c2ccc(OC(=O)Nc3ccc(N4CCC(N(C)C)C4)cc3)o2)c(N)c1. The van der Waals surface area contributed by atoms with Crippen LogP contribution in [-0.4, -0.2) is 44.2 Å². The van der Waals surface area contributed by atoms with Crippen LogP contribution in [0.4, 0.5) is 21.9 Å². The predicted molar refractivity (Wildman–Crippen MR) is 124 cm³/mol. The molecule has 1 aromatic heterocycles. The molecule has 3 aromatic rings. The summed E-state index contributed by atoms with van der Waals surface area (Å²) in [6.07, 6.45) is 0.540. The molecule has 0 radical (unpaired) electrons. The van der Waals surface area contributed by atoms with Gasteiger partial charge in [0.2, 0.25) is 0 Å². The number of carbonyl (C=O) groups is 1. The van der Waals surface area contributed by atoms with E-state index in [0.29, 0.717) is 23.2 Å². The molecule has 162 valence electrons. The maximum absolute atomic E-state index is 12.3. The number of nitrogens with one attached hydrogen (secondary N) is 1. The molecule has 7 heteroatoms. The Morgan fingerprint density at radius 3 is 2.61 bits per heavy atom. The van der Waals surface area contributed by atoms with Gasteiger partial charge in [-0.05, 0) is 75.5 Å². The first kappa shape index (κ1) is 20.8. The topological polar surface area (TPSA) is 84.0 Å². The van der Waals surface area contributed by atoms with Gasteiger partial charge in [-0.25, -0.2) is 4.79 Å². The molecule has 7 nitrogen and oxygen atoms in total. The van der Waals surface area contributed by atoms with Gasteiger partial charge in [-0.15, -0.1) is 0 Å². The van der Waals surface area contributed by atoms with Gasteiger partial charge in [0.05, 0.1) is 0 Å². The van der Waals surface area contributed by atoms with E-state index in [-0.39, 0.29) is 5.95 Å². The van der Waals surface area contributed by atoms with Crippen molar-refractivity contribution < 1.29 is 13.9 Å². The molecular formula is C24H28N4O3. The van der Waals surface area contributed by atoms with Crippen LogP contribution in [0.2, 0.25) is 0 Å². The van der Waals surface area contributed by atoms with E-state index in [0.717, 1.165) is 36.3 Å². The standard InChI is InChI=1S/C24H28N4O3/c1-16-4-9-20(21(25)14-16)22-10-11-23(30-22)31-24(29)26-17-5-7-18(8-6-17)28-13-12-19(15-28)27(2)3/h4-11,14,19H,12-13,15,25H2,1-3H3,(H,26,29). The van der Waals surface area contributed by atoms with Gasteiger partial charge in [-0.2, -0.15) is 0 Å². The van der Waals surface area contributed by atoms with Crippen LogP contribution < -0.4 is 20.7 Å². The van der Waals surface area contributed by atoms with E-state index in [1.807, 2.05) is 49.4 Å². The van der Waals surface area contributed by atoms with E-state index in [4.69, 9.17) is 14.9 Å². The number of nitrogens with zero attached hydrogens (tertiary/aromatic N) is 2. The third-order valence-corrected chi connectivity index (χ3v) is 5.62. The number of ether oxygens (including phenoxy) is 1. The molecule has 1 unspecified atom stereocenters. The van der Waals surface area contributed by atoms with E-state index in [1.165, 1.54) is 0 Å². The largest absolute Gasteiger partial charge is 0.425 e. The smallest absolute Gasteiger partial charge is 0.419 e. The number of rotatable bonds is 5. The first-order valence-electron chi connectivity index (χ1n) is 10.4. The number of likely N-dealkylation sites (N-methyl/N-ethyl adjacent to an activating group) is 1. The number of nitrogen functional groups attached to an aromatic ring is 1. The zero-order valence-electron chi connectivity index (χ0n) is 18.1. The summed E-state index contributed by atoms with van der Waals surface area (Å²) in [6, 6.07) is 17.4. The zero-order valence-corrected chi connectivity index (χ0v) is 18.1. The number of nitrogens with two attached hydrogens (primary N) is 1. The Kier molecular flexibility index (Phi) is 5.86. The summed E-state index contributed by atoms with van der Waals surface area (Å²) < 4.78 is 10.9. The van der Waals surface area contributed by atoms with Crippen molar-refractivity contribution in [1.29, 1.82) is 0 Å². The summed E-state index contributed by atoms with van der Waals surface area (Å²) in [5, 5.41) is 2.73. The Labute approximate surface area is 182 Å². The minimum atomic E-state index is -0.612. The zero-order chi connectivity index (χ0) is 22.0. The van der Waals surface area contributed by atoms with Crippen molar-refractivity contribution in [1.82, 2.24) is 4.90 Å². The monoisotopic (exact) mass is 420 g/mol. The number of amides is 1. The summed E-state index contributed by atoms with van der Waals surface area (Å²) in [7, 11) is 4.23. The van der Waals surface area contributed by atoms with Crippen LogP contribution in [0.15, 0.2) is 59.0 Å². The van der Waals surface area contributed by atoms with E-state index in [2.05, 4.69) is 29.2 Å². The van der Waals surface area contributed by atoms with Crippen LogP contribution >= 0.6 is 0 Å². The van der Waals surface area contributed by atoms with Crippen LogP contribution in [0.25, 0.3) is 11.3 Å². The van der Waals surface area contributed by atoms with E-state index in [1.54, 1.807) is 12.1 Å². The first-order chi connectivity index (χ1) is 14.9. The number of furan rings is 1. The molecule has 0 saturated carbocycles. The highest BCUT2D eigenvalue weighted by Crippen LogP contribution is 2.31. The van der Waals surface area contributed by atoms with Crippen molar-refractivity contribution in [3.05, 3.63) is 60.2 Å². The average molecular weight is 421 g/mol. The molecule has 0 aliphatic carbocycles. The van der Waals surface area contributed by atoms with Gasteiger partial charge < -0.3 is 24.7 Å². The second kappa shape index (κ2) is 8.73. The number of hydrogen-bond donors (Lipinski definition) is 2. The van der Waals surface area contributed by atoms with Gasteiger partial charge in [0.15, 0.2) is 0 Å². The van der Waals surface area contributed by atoms with Crippen molar-refractivity contribution in [3.63, 3.8) is 0 Å². The van der Waals surface area contributed by atoms with E-state index >= 15 is 0 Å². The molecule has 0 bridgehead atoms. The van der Waals surface area contributed by atoms with Crippen LogP contribution in [0.5, 0.6) is 5.95 Å². The quantitative estimate of drug-likeness (QED) is 0.588. The van der Waals surface area contributed by atoms with Crippen molar-refractivity contribution >= 4 is 23.2 Å². The molecule has 1 atom stereocenters.